The number of rotatable bonds is 10. The lowest BCUT2D eigenvalue weighted by molar-refractivity contribution is 0.102. The summed E-state index contributed by atoms with van der Waals surface area (Å²) in [5.74, 6) is 0.891. The fourth-order valence-corrected chi connectivity index (χ4v) is 4.38. The second-order valence-electron chi connectivity index (χ2n) is 7.50. The summed E-state index contributed by atoms with van der Waals surface area (Å²) < 4.78 is 48.3. The lowest BCUT2D eigenvalue weighted by Crippen LogP contribution is -2.31. The Hall–Kier alpha value is -3.92. The number of anilines is 2. The molecule has 1 N–H and O–H groups in total. The van der Waals surface area contributed by atoms with Crippen molar-refractivity contribution in [2.24, 2.45) is 0 Å². The van der Waals surface area contributed by atoms with E-state index in [2.05, 4.69) is 5.32 Å². The van der Waals surface area contributed by atoms with Gasteiger partial charge in [-0.2, -0.15) is 0 Å². The topological polar surface area (TPSA) is 103 Å². The predicted molar refractivity (Wildman–Crippen MR) is 135 cm³/mol. The van der Waals surface area contributed by atoms with Crippen LogP contribution < -0.4 is 28.6 Å². The molecular formula is C25H28N2O7S. The first-order chi connectivity index (χ1) is 16.7. The van der Waals surface area contributed by atoms with E-state index in [0.29, 0.717) is 17.2 Å². The maximum Gasteiger partial charge on any atom is 0.258 e. The van der Waals surface area contributed by atoms with Crippen molar-refractivity contribution < 1.29 is 32.2 Å². The molecule has 0 aromatic heterocycles. The van der Waals surface area contributed by atoms with Crippen molar-refractivity contribution in [2.75, 3.05) is 44.3 Å². The minimum atomic E-state index is -3.80. The van der Waals surface area contributed by atoms with Gasteiger partial charge in [0.25, 0.3) is 5.91 Å². The maximum atomic E-state index is 13.5. The summed E-state index contributed by atoms with van der Waals surface area (Å²) in [6, 6.07) is 16.9. The number of amides is 1. The van der Waals surface area contributed by atoms with E-state index < -0.39 is 15.9 Å². The summed E-state index contributed by atoms with van der Waals surface area (Å²) in [6.07, 6.45) is 1.08. The highest BCUT2D eigenvalue weighted by atomic mass is 32.2. The number of ether oxygens (including phenoxy) is 4. The maximum absolute atomic E-state index is 13.5. The Labute approximate surface area is 205 Å². The van der Waals surface area contributed by atoms with Crippen LogP contribution in [0, 0.1) is 0 Å². The Morgan fingerprint density at radius 1 is 0.829 bits per heavy atom. The fourth-order valence-electron chi connectivity index (χ4n) is 3.49. The van der Waals surface area contributed by atoms with Crippen molar-refractivity contribution in [3.05, 3.63) is 71.8 Å². The molecule has 10 heteroatoms. The van der Waals surface area contributed by atoms with Crippen LogP contribution in [0.3, 0.4) is 0 Å². The van der Waals surface area contributed by atoms with Crippen LogP contribution >= 0.6 is 0 Å². The number of methoxy groups -OCH3 is 4. The summed E-state index contributed by atoms with van der Waals surface area (Å²) >= 11 is 0. The minimum Gasteiger partial charge on any atom is -0.497 e. The van der Waals surface area contributed by atoms with Gasteiger partial charge >= 0.3 is 0 Å². The monoisotopic (exact) mass is 500 g/mol. The standard InChI is InChI=1S/C25H28N2O7S/c1-31-18-11-12-22(32-2)20(13-18)26-25(28)19-14-23(33-3)24(34-4)15-21(19)27(35(5,29)30)16-17-9-7-6-8-10-17/h6-15H,16H2,1-5H3,(H,26,28). The molecular weight excluding hydrogens is 472 g/mol. The van der Waals surface area contributed by atoms with Crippen LogP contribution in [0.15, 0.2) is 60.7 Å². The average Bonchev–Trinajstić information content (AvgIpc) is 2.86. The van der Waals surface area contributed by atoms with E-state index in [-0.39, 0.29) is 29.3 Å². The molecule has 0 atom stereocenters. The van der Waals surface area contributed by atoms with E-state index in [1.54, 1.807) is 30.3 Å². The molecule has 35 heavy (non-hydrogen) atoms. The van der Waals surface area contributed by atoms with Gasteiger partial charge in [0.15, 0.2) is 11.5 Å². The van der Waals surface area contributed by atoms with Crippen molar-refractivity contribution in [1.29, 1.82) is 0 Å². The van der Waals surface area contributed by atoms with Crippen LogP contribution in [0.2, 0.25) is 0 Å². The number of carbonyl (C=O) groups excluding carboxylic acids is 1. The number of benzene rings is 3. The average molecular weight is 501 g/mol. The largest absolute Gasteiger partial charge is 0.497 e. The SMILES string of the molecule is COc1ccc(OC)c(NC(=O)c2cc(OC)c(OC)cc2N(Cc2ccccc2)S(C)(=O)=O)c1. The molecule has 0 aliphatic carbocycles. The van der Waals surface area contributed by atoms with Crippen LogP contribution in [0.5, 0.6) is 23.0 Å². The quantitative estimate of drug-likeness (QED) is 0.450. The highest BCUT2D eigenvalue weighted by Gasteiger charge is 2.27. The van der Waals surface area contributed by atoms with Gasteiger partial charge in [-0.25, -0.2) is 8.42 Å². The van der Waals surface area contributed by atoms with E-state index in [4.69, 9.17) is 18.9 Å². The number of carbonyl (C=O) groups is 1. The Balaban J connectivity index is 2.15. The zero-order valence-electron chi connectivity index (χ0n) is 20.2. The van der Waals surface area contributed by atoms with Crippen molar-refractivity contribution in [1.82, 2.24) is 0 Å². The first-order valence-corrected chi connectivity index (χ1v) is 12.4. The molecule has 3 aromatic carbocycles. The summed E-state index contributed by atoms with van der Waals surface area (Å²) in [5.41, 5.74) is 1.29. The highest BCUT2D eigenvalue weighted by Crippen LogP contribution is 2.38. The summed E-state index contributed by atoms with van der Waals surface area (Å²) in [5, 5.41) is 2.79. The van der Waals surface area contributed by atoms with E-state index in [0.717, 1.165) is 16.1 Å². The van der Waals surface area contributed by atoms with Gasteiger partial charge in [0.05, 0.1) is 58.2 Å². The molecule has 3 rings (SSSR count). The van der Waals surface area contributed by atoms with Crippen molar-refractivity contribution in [3.8, 4) is 23.0 Å². The van der Waals surface area contributed by atoms with Gasteiger partial charge in [0, 0.05) is 12.1 Å². The number of sulfonamides is 1. The Kier molecular flexibility index (Phi) is 8.08. The van der Waals surface area contributed by atoms with Gasteiger partial charge in [-0.05, 0) is 23.8 Å². The Bertz CT molecular complexity index is 1290. The van der Waals surface area contributed by atoms with E-state index >= 15 is 0 Å². The van der Waals surface area contributed by atoms with Crippen molar-refractivity contribution in [3.63, 3.8) is 0 Å². The van der Waals surface area contributed by atoms with Crippen LogP contribution in [-0.4, -0.2) is 49.0 Å². The minimum absolute atomic E-state index is 0.0118. The number of hydrogen-bond acceptors (Lipinski definition) is 7. The third kappa shape index (κ3) is 5.96. The zero-order chi connectivity index (χ0) is 25.6. The molecule has 0 saturated heterocycles. The smallest absolute Gasteiger partial charge is 0.258 e. The predicted octanol–water partition coefficient (Wildman–Crippen LogP) is 3.94. The van der Waals surface area contributed by atoms with Crippen LogP contribution in [-0.2, 0) is 16.6 Å². The number of hydrogen-bond donors (Lipinski definition) is 1. The summed E-state index contributed by atoms with van der Waals surface area (Å²) in [4.78, 5) is 13.5. The second-order valence-corrected chi connectivity index (χ2v) is 9.41. The summed E-state index contributed by atoms with van der Waals surface area (Å²) in [7, 11) is 2.05. The number of nitrogens with zero attached hydrogens (tertiary/aromatic N) is 1. The number of nitrogens with one attached hydrogen (secondary N) is 1. The third-order valence-electron chi connectivity index (χ3n) is 5.24. The first-order valence-electron chi connectivity index (χ1n) is 10.5. The van der Waals surface area contributed by atoms with Crippen LogP contribution in [0.1, 0.15) is 15.9 Å². The van der Waals surface area contributed by atoms with E-state index in [9.17, 15) is 13.2 Å². The van der Waals surface area contributed by atoms with Gasteiger partial charge in [-0.1, -0.05) is 30.3 Å². The van der Waals surface area contributed by atoms with Crippen molar-refractivity contribution in [2.45, 2.75) is 6.54 Å². The third-order valence-corrected chi connectivity index (χ3v) is 6.37. The van der Waals surface area contributed by atoms with Gasteiger partial charge in [0.2, 0.25) is 10.0 Å². The van der Waals surface area contributed by atoms with Gasteiger partial charge in [-0.3, -0.25) is 9.10 Å². The van der Waals surface area contributed by atoms with Gasteiger partial charge in [0.1, 0.15) is 11.5 Å². The van der Waals surface area contributed by atoms with Crippen LogP contribution in [0.25, 0.3) is 0 Å². The second kappa shape index (κ2) is 11.0. The summed E-state index contributed by atoms with van der Waals surface area (Å²) in [6.45, 7) is 0.0118. The lowest BCUT2D eigenvalue weighted by atomic mass is 10.1. The van der Waals surface area contributed by atoms with Gasteiger partial charge < -0.3 is 24.3 Å². The molecule has 0 radical (unpaired) electrons. The molecule has 0 unspecified atom stereocenters. The molecule has 3 aromatic rings. The molecule has 9 nitrogen and oxygen atoms in total. The molecule has 0 aliphatic rings. The Morgan fingerprint density at radius 3 is 2.03 bits per heavy atom. The molecule has 0 saturated carbocycles. The zero-order valence-corrected chi connectivity index (χ0v) is 21.0. The Morgan fingerprint density at radius 2 is 1.46 bits per heavy atom. The molecule has 0 bridgehead atoms. The molecule has 1 amide bonds. The normalized spacial score (nSPS) is 10.9. The first kappa shape index (κ1) is 25.7. The van der Waals surface area contributed by atoms with E-state index in [1.165, 1.54) is 40.6 Å². The van der Waals surface area contributed by atoms with Crippen LogP contribution in [0.4, 0.5) is 11.4 Å². The molecule has 0 fully saturated rings. The highest BCUT2D eigenvalue weighted by molar-refractivity contribution is 7.92. The fraction of sp³-hybridized carbons (Fsp3) is 0.240. The van der Waals surface area contributed by atoms with Crippen molar-refractivity contribution >= 4 is 27.3 Å². The molecule has 0 aliphatic heterocycles. The van der Waals surface area contributed by atoms with E-state index in [1.807, 2.05) is 18.2 Å². The lowest BCUT2D eigenvalue weighted by Gasteiger charge is -2.26. The molecule has 0 spiro atoms. The van der Waals surface area contributed by atoms with Gasteiger partial charge in [-0.15, -0.1) is 0 Å². The molecule has 0 heterocycles. The molecule has 186 valence electrons.